The van der Waals surface area contributed by atoms with Gasteiger partial charge < -0.3 is 9.47 Å². The average Bonchev–Trinajstić information content (AvgIpc) is 2.88. The predicted molar refractivity (Wildman–Crippen MR) is 157 cm³/mol. The highest BCUT2D eigenvalue weighted by Crippen LogP contribution is 2.35. The second-order valence-electron chi connectivity index (χ2n) is 8.22. The fourth-order valence-corrected chi connectivity index (χ4v) is 4.84. The van der Waals surface area contributed by atoms with Crippen molar-refractivity contribution in [2.24, 2.45) is 5.10 Å². The number of benzene rings is 3. The van der Waals surface area contributed by atoms with Crippen LogP contribution in [0.15, 0.2) is 67.4 Å². The summed E-state index contributed by atoms with van der Waals surface area (Å²) in [5.74, 6) is 1.58. The quantitative estimate of drug-likeness (QED) is 0.170. The number of methoxy groups -OCH3 is 1. The lowest BCUT2D eigenvalue weighted by molar-refractivity contribution is 0.284. The van der Waals surface area contributed by atoms with Crippen molar-refractivity contribution in [1.29, 1.82) is 0 Å². The lowest BCUT2D eigenvalue weighted by Gasteiger charge is -2.15. The zero-order chi connectivity index (χ0) is 26.5. The Morgan fingerprint density at radius 3 is 2.59 bits per heavy atom. The molecule has 192 valence electrons. The van der Waals surface area contributed by atoms with Crippen molar-refractivity contribution in [2.75, 3.05) is 7.11 Å². The van der Waals surface area contributed by atoms with Crippen LogP contribution in [0.1, 0.15) is 36.7 Å². The Hall–Kier alpha value is -2.39. The molecule has 3 aromatic carbocycles. The Balaban J connectivity index is 1.77. The molecule has 1 aromatic heterocycles. The van der Waals surface area contributed by atoms with Gasteiger partial charge in [-0.25, -0.2) is 4.98 Å². The summed E-state index contributed by atoms with van der Waals surface area (Å²) in [7, 11) is 1.56. The minimum absolute atomic E-state index is 0.225. The molecule has 0 aliphatic carbocycles. The molecule has 6 nitrogen and oxygen atoms in total. The summed E-state index contributed by atoms with van der Waals surface area (Å²) < 4.78 is 14.6. The van der Waals surface area contributed by atoms with Crippen molar-refractivity contribution in [1.82, 2.24) is 9.66 Å². The Labute approximate surface area is 241 Å². The van der Waals surface area contributed by atoms with E-state index in [0.29, 0.717) is 50.3 Å². The van der Waals surface area contributed by atoms with Crippen molar-refractivity contribution in [3.05, 3.63) is 94.8 Å². The number of hydrogen-bond donors (Lipinski definition) is 0. The van der Waals surface area contributed by atoms with E-state index in [1.54, 1.807) is 37.6 Å². The molecule has 4 aromatic rings. The monoisotopic (exact) mass is 665 g/mol. The van der Waals surface area contributed by atoms with Crippen LogP contribution < -0.4 is 15.0 Å². The molecule has 0 fully saturated rings. The van der Waals surface area contributed by atoms with Crippen LogP contribution in [0.4, 0.5) is 0 Å². The standard InChI is InChI=1S/C27H23Br2Cl2N3O3/c1-3-4-5-25-33-23-9-7-18(28)12-20(23)27(35)34(25)32-14-17-11-19(29)13-24(36-2)26(17)37-15-16-6-8-21(30)22(31)10-16/h6-14H,3-5,15H2,1-2H3. The number of aryl methyl sites for hydroxylation is 1. The fourth-order valence-electron chi connectivity index (χ4n) is 3.71. The summed E-state index contributed by atoms with van der Waals surface area (Å²) in [6, 6.07) is 14.4. The second-order valence-corrected chi connectivity index (χ2v) is 10.9. The number of unbranched alkanes of at least 4 members (excludes halogenated alkanes) is 1. The first kappa shape index (κ1) is 27.6. The molecule has 0 saturated carbocycles. The Morgan fingerprint density at radius 2 is 1.86 bits per heavy atom. The van der Waals surface area contributed by atoms with Gasteiger partial charge in [0.25, 0.3) is 5.56 Å². The van der Waals surface area contributed by atoms with Crippen LogP contribution in [-0.2, 0) is 13.0 Å². The van der Waals surface area contributed by atoms with Gasteiger partial charge in [0.2, 0.25) is 0 Å². The summed E-state index contributed by atoms with van der Waals surface area (Å²) in [6.07, 6.45) is 4.05. The number of nitrogens with zero attached hydrogens (tertiary/aromatic N) is 3. The lowest BCUT2D eigenvalue weighted by Crippen LogP contribution is -2.22. The first-order valence-corrected chi connectivity index (χ1v) is 13.8. The van der Waals surface area contributed by atoms with Gasteiger partial charge >= 0.3 is 0 Å². The summed E-state index contributed by atoms with van der Waals surface area (Å²) in [6.45, 7) is 2.32. The van der Waals surface area contributed by atoms with E-state index in [1.807, 2.05) is 24.3 Å². The first-order chi connectivity index (χ1) is 17.8. The van der Waals surface area contributed by atoms with Crippen molar-refractivity contribution in [3.8, 4) is 11.5 Å². The molecule has 0 aliphatic heterocycles. The van der Waals surface area contributed by atoms with Crippen LogP contribution in [-0.4, -0.2) is 23.0 Å². The number of fused-ring (bicyclic) bond motifs is 1. The maximum atomic E-state index is 13.4. The highest BCUT2D eigenvalue weighted by Gasteiger charge is 2.15. The minimum Gasteiger partial charge on any atom is -0.493 e. The zero-order valence-corrected chi connectivity index (χ0v) is 24.8. The first-order valence-electron chi connectivity index (χ1n) is 11.5. The van der Waals surface area contributed by atoms with E-state index in [9.17, 15) is 4.79 Å². The van der Waals surface area contributed by atoms with Gasteiger partial charge in [-0.2, -0.15) is 9.78 Å². The summed E-state index contributed by atoms with van der Waals surface area (Å²) >= 11 is 19.2. The van der Waals surface area contributed by atoms with Crippen LogP contribution in [0.5, 0.6) is 11.5 Å². The van der Waals surface area contributed by atoms with Gasteiger partial charge in [-0.1, -0.05) is 74.5 Å². The predicted octanol–water partition coefficient (Wildman–Crippen LogP) is 8.04. The molecule has 0 aliphatic rings. The molecule has 0 bridgehead atoms. The van der Waals surface area contributed by atoms with Crippen molar-refractivity contribution in [2.45, 2.75) is 32.8 Å². The highest BCUT2D eigenvalue weighted by atomic mass is 79.9. The normalized spacial score (nSPS) is 11.4. The van der Waals surface area contributed by atoms with Crippen LogP contribution in [0.25, 0.3) is 10.9 Å². The van der Waals surface area contributed by atoms with E-state index < -0.39 is 0 Å². The van der Waals surface area contributed by atoms with E-state index in [4.69, 9.17) is 37.7 Å². The van der Waals surface area contributed by atoms with Gasteiger partial charge in [-0.15, -0.1) is 0 Å². The number of halogens is 4. The fraction of sp³-hybridized carbons (Fsp3) is 0.222. The lowest BCUT2D eigenvalue weighted by atomic mass is 10.2. The van der Waals surface area contributed by atoms with E-state index in [0.717, 1.165) is 27.4 Å². The summed E-state index contributed by atoms with van der Waals surface area (Å²) in [5, 5.41) is 5.97. The van der Waals surface area contributed by atoms with Gasteiger partial charge in [0.15, 0.2) is 11.5 Å². The molecule has 37 heavy (non-hydrogen) atoms. The molecule has 0 atom stereocenters. The highest BCUT2D eigenvalue weighted by molar-refractivity contribution is 9.10. The van der Waals surface area contributed by atoms with Gasteiger partial charge in [0.1, 0.15) is 12.4 Å². The van der Waals surface area contributed by atoms with E-state index in [-0.39, 0.29) is 12.2 Å². The van der Waals surface area contributed by atoms with Gasteiger partial charge in [-0.3, -0.25) is 4.79 Å². The van der Waals surface area contributed by atoms with Gasteiger partial charge in [0.05, 0.1) is 34.3 Å². The SMILES string of the molecule is CCCCc1nc2ccc(Br)cc2c(=O)n1N=Cc1cc(Br)cc(OC)c1OCc1ccc(Cl)c(Cl)c1. The molecule has 10 heteroatoms. The van der Waals surface area contributed by atoms with E-state index in [2.05, 4.69) is 43.9 Å². The van der Waals surface area contributed by atoms with Crippen LogP contribution in [0.3, 0.4) is 0 Å². The molecule has 0 N–H and O–H groups in total. The minimum atomic E-state index is -0.242. The Bertz CT molecular complexity index is 1540. The topological polar surface area (TPSA) is 65.7 Å². The van der Waals surface area contributed by atoms with Crippen LogP contribution in [0.2, 0.25) is 10.0 Å². The van der Waals surface area contributed by atoms with Crippen LogP contribution in [0, 0.1) is 0 Å². The van der Waals surface area contributed by atoms with E-state index in [1.165, 1.54) is 4.68 Å². The molecular formula is C27H23Br2Cl2N3O3. The average molecular weight is 668 g/mol. The molecular weight excluding hydrogens is 645 g/mol. The van der Waals surface area contributed by atoms with Gasteiger partial charge in [-0.05, 0) is 54.4 Å². The Morgan fingerprint density at radius 1 is 1.05 bits per heavy atom. The molecule has 0 saturated heterocycles. The third-order valence-electron chi connectivity index (χ3n) is 5.58. The van der Waals surface area contributed by atoms with Crippen molar-refractivity contribution in [3.63, 3.8) is 0 Å². The third kappa shape index (κ3) is 6.55. The molecule has 0 unspecified atom stereocenters. The molecule has 1 heterocycles. The zero-order valence-electron chi connectivity index (χ0n) is 20.1. The molecule has 0 radical (unpaired) electrons. The maximum Gasteiger partial charge on any atom is 0.282 e. The molecule has 0 amide bonds. The number of hydrogen-bond acceptors (Lipinski definition) is 5. The largest absolute Gasteiger partial charge is 0.493 e. The van der Waals surface area contributed by atoms with Crippen molar-refractivity contribution < 1.29 is 9.47 Å². The van der Waals surface area contributed by atoms with E-state index >= 15 is 0 Å². The molecule has 4 rings (SSSR count). The summed E-state index contributed by atoms with van der Waals surface area (Å²) in [4.78, 5) is 18.2. The second kappa shape index (κ2) is 12.4. The van der Waals surface area contributed by atoms with Crippen molar-refractivity contribution >= 4 is 72.2 Å². The smallest absolute Gasteiger partial charge is 0.282 e. The summed E-state index contributed by atoms with van der Waals surface area (Å²) in [5.41, 5.74) is 1.85. The number of rotatable bonds is 9. The maximum absolute atomic E-state index is 13.4. The van der Waals surface area contributed by atoms with Crippen LogP contribution >= 0.6 is 55.1 Å². The third-order valence-corrected chi connectivity index (χ3v) is 7.27. The number of aromatic nitrogens is 2. The van der Waals surface area contributed by atoms with Gasteiger partial charge in [0, 0.05) is 20.9 Å². The number of ether oxygens (including phenoxy) is 2. The Kier molecular flexibility index (Phi) is 9.29. The molecule has 0 spiro atoms.